The lowest BCUT2D eigenvalue weighted by Gasteiger charge is -2.23. The van der Waals surface area contributed by atoms with E-state index >= 15 is 0 Å². The Morgan fingerprint density at radius 2 is 2.05 bits per heavy atom. The van der Waals surface area contributed by atoms with Gasteiger partial charge in [-0.15, -0.1) is 0 Å². The van der Waals surface area contributed by atoms with Crippen molar-refractivity contribution in [2.45, 2.75) is 12.8 Å². The van der Waals surface area contributed by atoms with E-state index in [4.69, 9.17) is 9.84 Å². The number of hydrogen-bond donors (Lipinski definition) is 1. The van der Waals surface area contributed by atoms with Crippen molar-refractivity contribution >= 4 is 33.5 Å². The van der Waals surface area contributed by atoms with Gasteiger partial charge in [0.2, 0.25) is 5.91 Å². The minimum atomic E-state index is -1.25. The summed E-state index contributed by atoms with van der Waals surface area (Å²) in [5.41, 5.74) is -0.698. The minimum Gasteiger partial charge on any atom is -0.495 e. The van der Waals surface area contributed by atoms with E-state index in [0.29, 0.717) is 24.3 Å². The second-order valence-corrected chi connectivity index (χ2v) is 5.48. The average Bonchev–Trinajstić information content (AvgIpc) is 3.18. The SMILES string of the molecule is COc1ccc(Br)cc1N(C)C(=O)C1(C(=O)O)CC1. The van der Waals surface area contributed by atoms with Crippen molar-refractivity contribution in [2.24, 2.45) is 5.41 Å². The molecule has 1 aromatic carbocycles. The molecule has 0 saturated heterocycles. The van der Waals surface area contributed by atoms with Gasteiger partial charge in [-0.25, -0.2) is 0 Å². The van der Waals surface area contributed by atoms with Gasteiger partial charge in [-0.05, 0) is 31.0 Å². The molecular formula is C13H14BrNO4. The molecule has 0 aliphatic heterocycles. The van der Waals surface area contributed by atoms with Crippen molar-refractivity contribution in [1.82, 2.24) is 0 Å². The lowest BCUT2D eigenvalue weighted by atomic mass is 10.1. The van der Waals surface area contributed by atoms with Gasteiger partial charge >= 0.3 is 5.97 Å². The van der Waals surface area contributed by atoms with Crippen LogP contribution in [-0.4, -0.2) is 31.1 Å². The third kappa shape index (κ3) is 2.32. The predicted octanol–water partition coefficient (Wildman–Crippen LogP) is 2.29. The average molecular weight is 328 g/mol. The number of nitrogens with zero attached hydrogens (tertiary/aromatic N) is 1. The quantitative estimate of drug-likeness (QED) is 0.861. The molecule has 19 heavy (non-hydrogen) atoms. The number of carbonyl (C=O) groups excluding carboxylic acids is 1. The summed E-state index contributed by atoms with van der Waals surface area (Å²) in [4.78, 5) is 24.9. The molecule has 1 amide bonds. The van der Waals surface area contributed by atoms with Gasteiger partial charge < -0.3 is 14.7 Å². The monoisotopic (exact) mass is 327 g/mol. The van der Waals surface area contributed by atoms with Gasteiger partial charge in [0.25, 0.3) is 0 Å². The highest BCUT2D eigenvalue weighted by molar-refractivity contribution is 9.10. The maximum atomic E-state index is 12.3. The van der Waals surface area contributed by atoms with E-state index in [1.165, 1.54) is 12.0 Å². The fraction of sp³-hybridized carbons (Fsp3) is 0.385. The van der Waals surface area contributed by atoms with E-state index in [9.17, 15) is 9.59 Å². The number of methoxy groups -OCH3 is 1. The molecule has 0 radical (unpaired) electrons. The largest absolute Gasteiger partial charge is 0.495 e. The Morgan fingerprint density at radius 1 is 1.42 bits per heavy atom. The van der Waals surface area contributed by atoms with E-state index in [2.05, 4.69) is 15.9 Å². The molecule has 1 aliphatic rings. The molecule has 2 rings (SSSR count). The highest BCUT2D eigenvalue weighted by Crippen LogP contribution is 2.48. The van der Waals surface area contributed by atoms with Gasteiger partial charge in [0.15, 0.2) is 0 Å². The molecule has 1 saturated carbocycles. The zero-order chi connectivity index (χ0) is 14.2. The molecule has 0 atom stereocenters. The molecule has 0 bridgehead atoms. The van der Waals surface area contributed by atoms with Crippen LogP contribution >= 0.6 is 15.9 Å². The summed E-state index contributed by atoms with van der Waals surface area (Å²) in [6.45, 7) is 0. The van der Waals surface area contributed by atoms with E-state index < -0.39 is 17.3 Å². The normalized spacial score (nSPS) is 15.7. The van der Waals surface area contributed by atoms with Crippen LogP contribution in [0.2, 0.25) is 0 Å². The lowest BCUT2D eigenvalue weighted by Crippen LogP contribution is -2.38. The fourth-order valence-corrected chi connectivity index (χ4v) is 2.35. The van der Waals surface area contributed by atoms with Gasteiger partial charge in [-0.2, -0.15) is 0 Å². The van der Waals surface area contributed by atoms with Crippen LogP contribution in [0.3, 0.4) is 0 Å². The van der Waals surface area contributed by atoms with Gasteiger partial charge in [0, 0.05) is 11.5 Å². The molecular weight excluding hydrogens is 314 g/mol. The van der Waals surface area contributed by atoms with Crippen molar-refractivity contribution in [3.63, 3.8) is 0 Å². The van der Waals surface area contributed by atoms with E-state index in [1.807, 2.05) is 0 Å². The zero-order valence-electron chi connectivity index (χ0n) is 10.6. The molecule has 6 heteroatoms. The molecule has 1 fully saturated rings. The smallest absolute Gasteiger partial charge is 0.319 e. The van der Waals surface area contributed by atoms with Gasteiger partial charge in [-0.1, -0.05) is 15.9 Å². The molecule has 102 valence electrons. The van der Waals surface area contributed by atoms with Crippen molar-refractivity contribution in [1.29, 1.82) is 0 Å². The summed E-state index contributed by atoms with van der Waals surface area (Å²) in [6, 6.07) is 5.25. The Labute approximate surface area is 119 Å². The first-order chi connectivity index (χ1) is 8.92. The summed E-state index contributed by atoms with van der Waals surface area (Å²) >= 11 is 3.33. The number of ether oxygens (including phenoxy) is 1. The van der Waals surface area contributed by atoms with Gasteiger partial charge in [-0.3, -0.25) is 9.59 Å². The van der Waals surface area contributed by atoms with Crippen molar-refractivity contribution in [3.8, 4) is 5.75 Å². The zero-order valence-corrected chi connectivity index (χ0v) is 12.2. The molecule has 0 heterocycles. The predicted molar refractivity (Wildman–Crippen MR) is 73.4 cm³/mol. The van der Waals surface area contributed by atoms with Crippen molar-refractivity contribution in [2.75, 3.05) is 19.1 Å². The third-order valence-electron chi connectivity index (χ3n) is 3.38. The molecule has 0 unspecified atom stereocenters. The number of anilines is 1. The van der Waals surface area contributed by atoms with Crippen molar-refractivity contribution < 1.29 is 19.4 Å². The van der Waals surface area contributed by atoms with Crippen molar-refractivity contribution in [3.05, 3.63) is 22.7 Å². The number of carboxylic acid groups (broad SMARTS) is 1. The number of rotatable bonds is 4. The number of amides is 1. The molecule has 0 spiro atoms. The van der Waals surface area contributed by atoms with Crippen LogP contribution in [0.15, 0.2) is 22.7 Å². The molecule has 0 aromatic heterocycles. The second kappa shape index (κ2) is 4.85. The number of halogens is 1. The molecule has 5 nitrogen and oxygen atoms in total. The molecule has 1 aromatic rings. The van der Waals surface area contributed by atoms with Crippen LogP contribution in [-0.2, 0) is 9.59 Å². The first kappa shape index (κ1) is 13.9. The number of hydrogen-bond acceptors (Lipinski definition) is 3. The van der Waals surface area contributed by atoms with Gasteiger partial charge in [0.1, 0.15) is 11.2 Å². The Kier molecular flexibility index (Phi) is 3.54. The molecule has 1 N–H and O–H groups in total. The van der Waals surface area contributed by atoms with Crippen LogP contribution < -0.4 is 9.64 Å². The third-order valence-corrected chi connectivity index (χ3v) is 3.87. The summed E-state index contributed by atoms with van der Waals surface area (Å²) in [6.07, 6.45) is 0.781. The van der Waals surface area contributed by atoms with Crippen LogP contribution in [0.5, 0.6) is 5.75 Å². The highest BCUT2D eigenvalue weighted by atomic mass is 79.9. The number of benzene rings is 1. The van der Waals surface area contributed by atoms with Crippen LogP contribution in [0, 0.1) is 5.41 Å². The maximum absolute atomic E-state index is 12.3. The highest BCUT2D eigenvalue weighted by Gasteiger charge is 2.58. The number of aliphatic carboxylic acids is 1. The van der Waals surface area contributed by atoms with Crippen LogP contribution in [0.4, 0.5) is 5.69 Å². The minimum absolute atomic E-state index is 0.391. The summed E-state index contributed by atoms with van der Waals surface area (Å²) in [7, 11) is 3.07. The van der Waals surface area contributed by atoms with E-state index in [1.54, 1.807) is 25.2 Å². The van der Waals surface area contributed by atoms with E-state index in [-0.39, 0.29) is 0 Å². The summed E-state index contributed by atoms with van der Waals surface area (Å²) in [5.74, 6) is -0.935. The summed E-state index contributed by atoms with van der Waals surface area (Å²) in [5, 5.41) is 9.16. The summed E-state index contributed by atoms with van der Waals surface area (Å²) < 4.78 is 6.00. The number of carbonyl (C=O) groups is 2. The molecule has 1 aliphatic carbocycles. The Balaban J connectivity index is 2.34. The Bertz CT molecular complexity index is 539. The fourth-order valence-electron chi connectivity index (χ4n) is 2.00. The Morgan fingerprint density at radius 3 is 2.53 bits per heavy atom. The first-order valence-corrected chi connectivity index (χ1v) is 6.57. The topological polar surface area (TPSA) is 66.8 Å². The van der Waals surface area contributed by atoms with Crippen LogP contribution in [0.1, 0.15) is 12.8 Å². The lowest BCUT2D eigenvalue weighted by molar-refractivity contribution is -0.148. The van der Waals surface area contributed by atoms with E-state index in [0.717, 1.165) is 4.47 Å². The number of carboxylic acids is 1. The Hall–Kier alpha value is -1.56. The first-order valence-electron chi connectivity index (χ1n) is 5.77. The van der Waals surface area contributed by atoms with Crippen LogP contribution in [0.25, 0.3) is 0 Å². The van der Waals surface area contributed by atoms with Gasteiger partial charge in [0.05, 0.1) is 12.8 Å². The second-order valence-electron chi connectivity index (χ2n) is 4.57. The standard InChI is InChI=1S/C13H14BrNO4/c1-15(11(16)13(5-6-13)12(17)18)9-7-8(14)3-4-10(9)19-2/h3-4,7H,5-6H2,1-2H3,(H,17,18). The maximum Gasteiger partial charge on any atom is 0.319 e.